The minimum Gasteiger partial charge on any atom is -0.293 e. The van der Waals surface area contributed by atoms with Crippen molar-refractivity contribution in [1.29, 1.82) is 0 Å². The summed E-state index contributed by atoms with van der Waals surface area (Å²) in [4.78, 5) is 13.7. The molecule has 0 aromatic heterocycles. The fourth-order valence-electron chi connectivity index (χ4n) is 4.93. The summed E-state index contributed by atoms with van der Waals surface area (Å²) in [5.74, 6) is 0.129. The number of hydrogen-bond donors (Lipinski definition) is 0. The van der Waals surface area contributed by atoms with E-state index in [-0.39, 0.29) is 11.7 Å². The number of Topliss-reactive ketones (excluding diaryl/α,β-unsaturated/α-hetero) is 1. The second kappa shape index (κ2) is 6.67. The number of carbonyl (C=O) groups excluding carboxylic acids is 1. The van der Waals surface area contributed by atoms with Crippen molar-refractivity contribution in [1.82, 2.24) is 0 Å². The maximum Gasteiger partial charge on any atom is 0.171 e. The molecule has 0 amide bonds. The molecule has 0 saturated carbocycles. The van der Waals surface area contributed by atoms with Gasteiger partial charge in [-0.3, -0.25) is 4.79 Å². The lowest BCUT2D eigenvalue weighted by molar-refractivity contribution is 0.0973. The molecule has 1 atom stereocenters. The van der Waals surface area contributed by atoms with Gasteiger partial charge >= 0.3 is 0 Å². The van der Waals surface area contributed by atoms with Gasteiger partial charge in [-0.25, -0.2) is 0 Å². The fraction of sp³-hybridized carbons (Fsp3) is 0.0690. The number of ketones is 1. The molecule has 1 aliphatic rings. The molecule has 30 heavy (non-hydrogen) atoms. The van der Waals surface area contributed by atoms with E-state index in [1.165, 1.54) is 21.5 Å². The van der Waals surface area contributed by atoms with Crippen LogP contribution in [0.5, 0.6) is 0 Å². The van der Waals surface area contributed by atoms with E-state index in [9.17, 15) is 4.79 Å². The Morgan fingerprint density at radius 2 is 1.30 bits per heavy atom. The van der Waals surface area contributed by atoms with Crippen LogP contribution in [0, 0.1) is 0 Å². The molecule has 5 aromatic rings. The second-order valence-electron chi connectivity index (χ2n) is 8.09. The van der Waals surface area contributed by atoms with E-state index in [4.69, 9.17) is 0 Å². The van der Waals surface area contributed by atoms with Gasteiger partial charge < -0.3 is 0 Å². The first-order chi connectivity index (χ1) is 14.8. The van der Waals surface area contributed by atoms with Gasteiger partial charge in [-0.2, -0.15) is 0 Å². The smallest absolute Gasteiger partial charge is 0.171 e. The van der Waals surface area contributed by atoms with E-state index >= 15 is 0 Å². The Morgan fingerprint density at radius 1 is 0.600 bits per heavy atom. The average Bonchev–Trinajstić information content (AvgIpc) is 3.15. The van der Waals surface area contributed by atoms with Crippen molar-refractivity contribution < 1.29 is 4.79 Å². The maximum atomic E-state index is 13.7. The van der Waals surface area contributed by atoms with E-state index in [2.05, 4.69) is 103 Å². The van der Waals surface area contributed by atoms with Gasteiger partial charge in [-0.05, 0) is 50.2 Å². The lowest BCUT2D eigenvalue weighted by atomic mass is 9.90. The van der Waals surface area contributed by atoms with Crippen LogP contribution < -0.4 is 0 Å². The standard InChI is InChI=1S/C29H20O/c30-29-27(22-16-15-19-7-1-2-9-21(19)17-22)18-23-11-6-14-26(28(23)29)25-13-5-10-20-8-3-4-12-24(20)25/h1-17,27H,18H2. The third kappa shape index (κ3) is 2.59. The van der Waals surface area contributed by atoms with E-state index in [1.807, 2.05) is 0 Å². The molecule has 0 spiro atoms. The monoisotopic (exact) mass is 384 g/mol. The second-order valence-corrected chi connectivity index (χ2v) is 8.09. The van der Waals surface area contributed by atoms with Crippen LogP contribution in [0.3, 0.4) is 0 Å². The summed E-state index contributed by atoms with van der Waals surface area (Å²) >= 11 is 0. The van der Waals surface area contributed by atoms with Crippen LogP contribution in [0.25, 0.3) is 32.7 Å². The van der Waals surface area contributed by atoms with Gasteiger partial charge in [0, 0.05) is 5.56 Å². The van der Waals surface area contributed by atoms with Gasteiger partial charge in [0.1, 0.15) is 0 Å². The largest absolute Gasteiger partial charge is 0.293 e. The molecule has 142 valence electrons. The summed E-state index contributed by atoms with van der Waals surface area (Å²) < 4.78 is 0. The van der Waals surface area contributed by atoms with Crippen molar-refractivity contribution in [3.63, 3.8) is 0 Å². The first kappa shape index (κ1) is 17.2. The third-order valence-corrected chi connectivity index (χ3v) is 6.39. The minimum atomic E-state index is -0.110. The Kier molecular flexibility index (Phi) is 3.82. The molecule has 6 rings (SSSR count). The van der Waals surface area contributed by atoms with Crippen LogP contribution in [0.1, 0.15) is 27.4 Å². The molecule has 1 aliphatic carbocycles. The van der Waals surface area contributed by atoms with Crippen molar-refractivity contribution in [2.24, 2.45) is 0 Å². The summed E-state index contributed by atoms with van der Waals surface area (Å²) in [5.41, 5.74) is 5.35. The normalized spacial score (nSPS) is 15.6. The van der Waals surface area contributed by atoms with Gasteiger partial charge in [-0.1, -0.05) is 103 Å². The summed E-state index contributed by atoms with van der Waals surface area (Å²) in [6.45, 7) is 0. The molecular formula is C29H20O. The Bertz CT molecular complexity index is 1440. The van der Waals surface area contributed by atoms with Gasteiger partial charge in [0.05, 0.1) is 5.92 Å². The van der Waals surface area contributed by atoms with Crippen LogP contribution in [-0.4, -0.2) is 5.78 Å². The highest BCUT2D eigenvalue weighted by Crippen LogP contribution is 2.41. The topological polar surface area (TPSA) is 17.1 Å². The van der Waals surface area contributed by atoms with Gasteiger partial charge in [0.25, 0.3) is 0 Å². The van der Waals surface area contributed by atoms with Gasteiger partial charge in [0.2, 0.25) is 0 Å². The third-order valence-electron chi connectivity index (χ3n) is 6.39. The van der Waals surface area contributed by atoms with Crippen molar-refractivity contribution in [2.75, 3.05) is 0 Å². The maximum absolute atomic E-state index is 13.7. The zero-order valence-electron chi connectivity index (χ0n) is 16.5. The Morgan fingerprint density at radius 3 is 2.20 bits per heavy atom. The van der Waals surface area contributed by atoms with E-state index in [0.717, 1.165) is 34.2 Å². The van der Waals surface area contributed by atoms with E-state index < -0.39 is 0 Å². The Balaban J connectivity index is 1.49. The molecule has 5 aromatic carbocycles. The first-order valence-electron chi connectivity index (χ1n) is 10.4. The number of rotatable bonds is 2. The molecule has 1 heteroatoms. The van der Waals surface area contributed by atoms with Crippen LogP contribution >= 0.6 is 0 Å². The molecule has 0 aliphatic heterocycles. The SMILES string of the molecule is O=C1c2c(cccc2-c2cccc3ccccc23)CC1c1ccc2ccccc2c1. The molecule has 0 radical (unpaired) electrons. The Hall–Kier alpha value is -3.71. The average molecular weight is 384 g/mol. The highest BCUT2D eigenvalue weighted by molar-refractivity contribution is 6.12. The Labute approximate surface area is 175 Å². The summed E-state index contributed by atoms with van der Waals surface area (Å²) in [6.07, 6.45) is 0.769. The lowest BCUT2D eigenvalue weighted by Crippen LogP contribution is -2.07. The van der Waals surface area contributed by atoms with Crippen molar-refractivity contribution in [2.45, 2.75) is 12.3 Å². The molecule has 0 saturated heterocycles. The van der Waals surface area contributed by atoms with Crippen LogP contribution in [0.15, 0.2) is 103 Å². The number of carbonyl (C=O) groups is 1. The zero-order valence-corrected chi connectivity index (χ0v) is 16.5. The minimum absolute atomic E-state index is 0.110. The van der Waals surface area contributed by atoms with E-state index in [0.29, 0.717) is 0 Å². The van der Waals surface area contributed by atoms with Crippen LogP contribution in [-0.2, 0) is 6.42 Å². The highest BCUT2D eigenvalue weighted by Gasteiger charge is 2.34. The van der Waals surface area contributed by atoms with Crippen LogP contribution in [0.2, 0.25) is 0 Å². The fourth-order valence-corrected chi connectivity index (χ4v) is 4.93. The predicted octanol–water partition coefficient (Wildman–Crippen LogP) is 7.18. The number of fused-ring (bicyclic) bond motifs is 3. The summed E-state index contributed by atoms with van der Waals surface area (Å²) in [5, 5.41) is 4.79. The quantitative estimate of drug-likeness (QED) is 0.315. The molecule has 0 heterocycles. The summed E-state index contributed by atoms with van der Waals surface area (Å²) in [6, 6.07) is 35.8. The molecular weight excluding hydrogens is 364 g/mol. The van der Waals surface area contributed by atoms with Gasteiger partial charge in [-0.15, -0.1) is 0 Å². The highest BCUT2D eigenvalue weighted by atomic mass is 16.1. The van der Waals surface area contributed by atoms with Crippen molar-refractivity contribution >= 4 is 27.3 Å². The lowest BCUT2D eigenvalue weighted by Gasteiger charge is -2.12. The first-order valence-corrected chi connectivity index (χ1v) is 10.4. The molecule has 0 fully saturated rings. The van der Waals surface area contributed by atoms with Crippen molar-refractivity contribution in [3.05, 3.63) is 120 Å². The molecule has 0 N–H and O–H groups in total. The summed E-state index contributed by atoms with van der Waals surface area (Å²) in [7, 11) is 0. The van der Waals surface area contributed by atoms with E-state index in [1.54, 1.807) is 0 Å². The predicted molar refractivity (Wildman–Crippen MR) is 124 cm³/mol. The number of hydrogen-bond acceptors (Lipinski definition) is 1. The molecule has 1 nitrogen and oxygen atoms in total. The zero-order chi connectivity index (χ0) is 20.1. The molecule has 1 unspecified atom stereocenters. The van der Waals surface area contributed by atoms with Gasteiger partial charge in [0.15, 0.2) is 5.78 Å². The number of benzene rings is 5. The van der Waals surface area contributed by atoms with Crippen LogP contribution in [0.4, 0.5) is 0 Å². The van der Waals surface area contributed by atoms with Crippen molar-refractivity contribution in [3.8, 4) is 11.1 Å². The molecule has 0 bridgehead atoms.